The molecule has 2 nitrogen and oxygen atoms in total. The van der Waals surface area contributed by atoms with Crippen LogP contribution in [0.25, 0.3) is 0 Å². The summed E-state index contributed by atoms with van der Waals surface area (Å²) in [5.41, 5.74) is 1.30. The topological polar surface area (TPSA) is 24.9 Å². The van der Waals surface area contributed by atoms with Crippen LogP contribution in [-0.2, 0) is 12.0 Å². The molecule has 0 radical (unpaired) electrons. The molecule has 1 N–H and O–H groups in total. The maximum Gasteiger partial charge on any atom is 0.0982 e. The number of thiazole rings is 1. The molecule has 0 aliphatic heterocycles. The summed E-state index contributed by atoms with van der Waals surface area (Å²) in [6.07, 6.45) is 0.909. The van der Waals surface area contributed by atoms with E-state index in [0.29, 0.717) is 0 Å². The molecule has 1 aromatic rings. The Kier molecular flexibility index (Phi) is 4.98. The van der Waals surface area contributed by atoms with Crippen molar-refractivity contribution in [2.24, 2.45) is 0 Å². The Balaban J connectivity index is 2.37. The van der Waals surface area contributed by atoms with Gasteiger partial charge in [0.1, 0.15) is 0 Å². The van der Waals surface area contributed by atoms with E-state index in [1.54, 1.807) is 11.3 Å². The van der Waals surface area contributed by atoms with Gasteiger partial charge in [-0.05, 0) is 6.92 Å². The van der Waals surface area contributed by atoms with Crippen molar-refractivity contribution >= 4 is 11.3 Å². The van der Waals surface area contributed by atoms with Crippen molar-refractivity contribution in [3.8, 4) is 11.8 Å². The molecule has 16 heavy (non-hydrogen) atoms. The van der Waals surface area contributed by atoms with Crippen molar-refractivity contribution in [2.75, 3.05) is 6.54 Å². The van der Waals surface area contributed by atoms with Gasteiger partial charge in [-0.2, -0.15) is 0 Å². The van der Waals surface area contributed by atoms with Crippen LogP contribution in [0.3, 0.4) is 0 Å². The number of rotatable bonds is 4. The minimum Gasteiger partial charge on any atom is -0.310 e. The molecular formula is C13H20N2S. The van der Waals surface area contributed by atoms with Crippen molar-refractivity contribution in [3.63, 3.8) is 0 Å². The molecule has 0 bridgehead atoms. The third kappa shape index (κ3) is 4.34. The SMILES string of the molecule is CC#CCCNCc1csc(C(C)(C)C)n1. The van der Waals surface area contributed by atoms with E-state index in [0.717, 1.165) is 25.2 Å². The van der Waals surface area contributed by atoms with Crippen LogP contribution in [0.2, 0.25) is 0 Å². The molecule has 1 aromatic heterocycles. The normalized spacial score (nSPS) is 11.0. The van der Waals surface area contributed by atoms with Gasteiger partial charge in [0.2, 0.25) is 0 Å². The Hall–Kier alpha value is -0.850. The van der Waals surface area contributed by atoms with Gasteiger partial charge in [0.25, 0.3) is 0 Å². The van der Waals surface area contributed by atoms with E-state index in [1.165, 1.54) is 5.01 Å². The lowest BCUT2D eigenvalue weighted by atomic mass is 9.98. The van der Waals surface area contributed by atoms with E-state index < -0.39 is 0 Å². The van der Waals surface area contributed by atoms with Gasteiger partial charge in [-0.1, -0.05) is 20.8 Å². The Labute approximate surface area is 102 Å². The molecule has 1 heterocycles. The second-order valence-electron chi connectivity index (χ2n) is 4.75. The zero-order valence-electron chi connectivity index (χ0n) is 10.6. The highest BCUT2D eigenvalue weighted by molar-refractivity contribution is 7.09. The standard InChI is InChI=1S/C13H20N2S/c1-5-6-7-8-14-9-11-10-16-12(15-11)13(2,3)4/h10,14H,7-9H2,1-4H3. The molecule has 0 amide bonds. The van der Waals surface area contributed by atoms with E-state index in [1.807, 2.05) is 6.92 Å². The molecule has 0 atom stereocenters. The zero-order valence-corrected chi connectivity index (χ0v) is 11.4. The molecule has 0 saturated carbocycles. The third-order valence-corrected chi connectivity index (χ3v) is 3.42. The van der Waals surface area contributed by atoms with Crippen LogP contribution in [-0.4, -0.2) is 11.5 Å². The van der Waals surface area contributed by atoms with E-state index >= 15 is 0 Å². The monoisotopic (exact) mass is 236 g/mol. The fourth-order valence-electron chi connectivity index (χ4n) is 1.22. The van der Waals surface area contributed by atoms with E-state index in [4.69, 9.17) is 0 Å². The van der Waals surface area contributed by atoms with Gasteiger partial charge >= 0.3 is 0 Å². The lowest BCUT2D eigenvalue weighted by molar-refractivity contribution is 0.580. The summed E-state index contributed by atoms with van der Waals surface area (Å²) in [4.78, 5) is 4.62. The van der Waals surface area contributed by atoms with E-state index in [-0.39, 0.29) is 5.41 Å². The minimum atomic E-state index is 0.163. The molecule has 0 aliphatic rings. The number of nitrogens with one attached hydrogen (secondary N) is 1. The molecule has 88 valence electrons. The van der Waals surface area contributed by atoms with Gasteiger partial charge in [0.05, 0.1) is 10.7 Å². The summed E-state index contributed by atoms with van der Waals surface area (Å²) in [5, 5.41) is 6.69. The van der Waals surface area contributed by atoms with E-state index in [9.17, 15) is 0 Å². The Bertz CT molecular complexity index is 377. The number of aromatic nitrogens is 1. The largest absolute Gasteiger partial charge is 0.310 e. The van der Waals surface area contributed by atoms with Crippen molar-refractivity contribution in [3.05, 3.63) is 16.1 Å². The number of nitrogens with zero attached hydrogens (tertiary/aromatic N) is 1. The van der Waals surface area contributed by atoms with Crippen LogP contribution in [0.5, 0.6) is 0 Å². The average Bonchev–Trinajstić information content (AvgIpc) is 2.65. The van der Waals surface area contributed by atoms with Gasteiger partial charge in [0, 0.05) is 30.3 Å². The fraction of sp³-hybridized carbons (Fsp3) is 0.615. The fourth-order valence-corrected chi connectivity index (χ4v) is 2.13. The predicted molar refractivity (Wildman–Crippen MR) is 70.6 cm³/mol. The third-order valence-electron chi connectivity index (χ3n) is 2.10. The van der Waals surface area contributed by atoms with Crippen molar-refractivity contribution in [1.29, 1.82) is 0 Å². The van der Waals surface area contributed by atoms with Crippen LogP contribution in [0.15, 0.2) is 5.38 Å². The Morgan fingerprint density at radius 1 is 1.44 bits per heavy atom. The molecule has 1 rings (SSSR count). The second kappa shape index (κ2) is 6.03. The Morgan fingerprint density at radius 2 is 2.19 bits per heavy atom. The first-order valence-corrected chi connectivity index (χ1v) is 6.47. The lowest BCUT2D eigenvalue weighted by Gasteiger charge is -2.13. The highest BCUT2D eigenvalue weighted by Gasteiger charge is 2.17. The van der Waals surface area contributed by atoms with Gasteiger partial charge in [0.15, 0.2) is 0 Å². The highest BCUT2D eigenvalue weighted by Crippen LogP contribution is 2.25. The van der Waals surface area contributed by atoms with Crippen LogP contribution in [0.1, 0.15) is 44.8 Å². The van der Waals surface area contributed by atoms with Gasteiger partial charge in [-0.25, -0.2) is 4.98 Å². The van der Waals surface area contributed by atoms with Crippen molar-refractivity contribution < 1.29 is 0 Å². The highest BCUT2D eigenvalue weighted by atomic mass is 32.1. The summed E-state index contributed by atoms with van der Waals surface area (Å²) in [7, 11) is 0. The van der Waals surface area contributed by atoms with E-state index in [2.05, 4.69) is 48.3 Å². The van der Waals surface area contributed by atoms with Gasteiger partial charge < -0.3 is 5.32 Å². The minimum absolute atomic E-state index is 0.163. The summed E-state index contributed by atoms with van der Waals surface area (Å²) >= 11 is 1.75. The molecule has 0 fully saturated rings. The van der Waals surface area contributed by atoms with Crippen molar-refractivity contribution in [1.82, 2.24) is 10.3 Å². The first-order valence-electron chi connectivity index (χ1n) is 5.59. The Morgan fingerprint density at radius 3 is 2.75 bits per heavy atom. The van der Waals surface area contributed by atoms with Crippen LogP contribution >= 0.6 is 11.3 Å². The zero-order chi connectivity index (χ0) is 12.0. The first-order chi connectivity index (χ1) is 7.54. The predicted octanol–water partition coefficient (Wildman–Crippen LogP) is 2.94. The maximum absolute atomic E-state index is 4.62. The van der Waals surface area contributed by atoms with Gasteiger partial charge in [-0.3, -0.25) is 0 Å². The summed E-state index contributed by atoms with van der Waals surface area (Å²) < 4.78 is 0. The summed E-state index contributed by atoms with van der Waals surface area (Å²) in [6, 6.07) is 0. The quantitative estimate of drug-likeness (QED) is 0.642. The molecular weight excluding hydrogens is 216 g/mol. The second-order valence-corrected chi connectivity index (χ2v) is 5.61. The summed E-state index contributed by atoms with van der Waals surface area (Å²) in [6.45, 7) is 10.2. The number of hydrogen-bond acceptors (Lipinski definition) is 3. The maximum atomic E-state index is 4.62. The smallest absolute Gasteiger partial charge is 0.0982 e. The molecule has 0 aromatic carbocycles. The molecule has 0 saturated heterocycles. The molecule has 0 spiro atoms. The summed E-state index contributed by atoms with van der Waals surface area (Å²) in [5.74, 6) is 5.92. The first kappa shape index (κ1) is 13.2. The van der Waals surface area contributed by atoms with Crippen LogP contribution in [0, 0.1) is 11.8 Å². The molecule has 3 heteroatoms. The van der Waals surface area contributed by atoms with Crippen LogP contribution in [0.4, 0.5) is 0 Å². The van der Waals surface area contributed by atoms with Crippen LogP contribution < -0.4 is 5.32 Å². The lowest BCUT2D eigenvalue weighted by Crippen LogP contribution is -2.15. The number of hydrogen-bond donors (Lipinski definition) is 1. The average molecular weight is 236 g/mol. The van der Waals surface area contributed by atoms with Crippen molar-refractivity contribution in [2.45, 2.75) is 46.1 Å². The molecule has 0 unspecified atom stereocenters. The van der Waals surface area contributed by atoms with Gasteiger partial charge in [-0.15, -0.1) is 23.2 Å². The molecule has 0 aliphatic carbocycles.